The number of aryl methyl sites for hydroxylation is 1. The molecule has 28 heavy (non-hydrogen) atoms. The number of nitrogens with two attached hydrogens (primary N) is 1. The number of hydrogen-bond acceptors (Lipinski definition) is 5. The lowest BCUT2D eigenvalue weighted by atomic mass is 10.1. The number of hydrogen-bond donors (Lipinski definition) is 2. The Morgan fingerprint density at radius 3 is 2.61 bits per heavy atom. The first-order chi connectivity index (χ1) is 13.1. The Bertz CT molecular complexity index is 1050. The molecule has 1 unspecified atom stereocenters. The summed E-state index contributed by atoms with van der Waals surface area (Å²) in [4.78, 5) is 18.0. The standard InChI is InChI=1S/C18H22F3N5OS/c1-5-26-13(18(19,20)21)8-11-15(17(26)27)25(4)16(24-11)14-12(28-6-2)7-10(22)9(3)23-14/h7-9,23H,5-6,22H2,1-4H3. The van der Waals surface area contributed by atoms with Crippen LogP contribution in [-0.4, -0.2) is 25.9 Å². The number of aromatic nitrogens is 3. The summed E-state index contributed by atoms with van der Waals surface area (Å²) in [7, 11) is 1.63. The van der Waals surface area contributed by atoms with E-state index in [4.69, 9.17) is 5.73 Å². The number of nitrogens with zero attached hydrogens (tertiary/aromatic N) is 3. The van der Waals surface area contributed by atoms with E-state index in [9.17, 15) is 18.0 Å². The summed E-state index contributed by atoms with van der Waals surface area (Å²) in [6, 6.07) is 0.780. The van der Waals surface area contributed by atoms with Gasteiger partial charge in [-0.05, 0) is 31.7 Å². The molecule has 0 radical (unpaired) electrons. The minimum absolute atomic E-state index is 0.0184. The second-order valence-electron chi connectivity index (χ2n) is 6.49. The van der Waals surface area contributed by atoms with Gasteiger partial charge < -0.3 is 20.2 Å². The van der Waals surface area contributed by atoms with Gasteiger partial charge in [-0.1, -0.05) is 6.92 Å². The predicted molar refractivity (Wildman–Crippen MR) is 106 cm³/mol. The molecule has 152 valence electrons. The number of thioether (sulfide) groups is 1. The number of dihydropyridines is 1. The fourth-order valence-electron chi connectivity index (χ4n) is 3.25. The van der Waals surface area contributed by atoms with E-state index in [2.05, 4.69) is 10.3 Å². The zero-order valence-corrected chi connectivity index (χ0v) is 16.8. The molecule has 0 saturated heterocycles. The molecule has 0 aromatic carbocycles. The Kier molecular flexibility index (Phi) is 5.26. The average Bonchev–Trinajstić information content (AvgIpc) is 2.94. The van der Waals surface area contributed by atoms with E-state index in [0.717, 1.165) is 21.3 Å². The molecular formula is C18H22F3N5OS. The van der Waals surface area contributed by atoms with Crippen LogP contribution >= 0.6 is 11.8 Å². The van der Waals surface area contributed by atoms with Crippen LogP contribution in [0.4, 0.5) is 13.2 Å². The maximum Gasteiger partial charge on any atom is 0.431 e. The smallest absolute Gasteiger partial charge is 0.400 e. The highest BCUT2D eigenvalue weighted by molar-refractivity contribution is 8.03. The van der Waals surface area contributed by atoms with E-state index >= 15 is 0 Å². The van der Waals surface area contributed by atoms with Crippen LogP contribution in [0.2, 0.25) is 0 Å². The van der Waals surface area contributed by atoms with Gasteiger partial charge in [-0.2, -0.15) is 13.2 Å². The van der Waals surface area contributed by atoms with Crippen molar-refractivity contribution in [3.8, 4) is 0 Å². The molecule has 1 aliphatic rings. The lowest BCUT2D eigenvalue weighted by molar-refractivity contribution is -0.144. The highest BCUT2D eigenvalue weighted by Gasteiger charge is 2.36. The molecule has 3 heterocycles. The Balaban J connectivity index is 2.32. The van der Waals surface area contributed by atoms with Crippen LogP contribution in [-0.2, 0) is 19.8 Å². The number of rotatable bonds is 4. The second-order valence-corrected chi connectivity index (χ2v) is 7.79. The summed E-state index contributed by atoms with van der Waals surface area (Å²) in [5.74, 6) is 1.18. The van der Waals surface area contributed by atoms with Crippen LogP contribution in [0.15, 0.2) is 27.5 Å². The molecule has 2 aromatic heterocycles. The Hall–Kier alpha value is -2.36. The summed E-state index contributed by atoms with van der Waals surface area (Å²) in [5.41, 5.74) is 5.79. The van der Waals surface area contributed by atoms with Crippen LogP contribution in [0.1, 0.15) is 32.3 Å². The van der Waals surface area contributed by atoms with Crippen molar-refractivity contribution in [3.05, 3.63) is 44.6 Å². The van der Waals surface area contributed by atoms with Gasteiger partial charge in [0.25, 0.3) is 5.56 Å². The van der Waals surface area contributed by atoms with Gasteiger partial charge in [-0.15, -0.1) is 11.8 Å². The lowest BCUT2D eigenvalue weighted by Crippen LogP contribution is -2.34. The van der Waals surface area contributed by atoms with Gasteiger partial charge in [0.05, 0.1) is 17.3 Å². The Morgan fingerprint density at radius 1 is 1.36 bits per heavy atom. The zero-order chi connectivity index (χ0) is 20.8. The van der Waals surface area contributed by atoms with E-state index in [0.29, 0.717) is 17.2 Å². The van der Waals surface area contributed by atoms with E-state index in [1.54, 1.807) is 23.4 Å². The van der Waals surface area contributed by atoms with Crippen molar-refractivity contribution >= 4 is 28.5 Å². The molecule has 2 aromatic rings. The van der Waals surface area contributed by atoms with E-state index in [1.165, 1.54) is 6.92 Å². The molecule has 6 nitrogen and oxygen atoms in total. The molecule has 3 rings (SSSR count). The lowest BCUT2D eigenvalue weighted by Gasteiger charge is -2.25. The van der Waals surface area contributed by atoms with Crippen LogP contribution in [0.25, 0.3) is 16.7 Å². The third kappa shape index (κ3) is 3.30. The van der Waals surface area contributed by atoms with E-state index in [-0.39, 0.29) is 23.6 Å². The largest absolute Gasteiger partial charge is 0.431 e. The molecule has 1 atom stereocenters. The first-order valence-electron chi connectivity index (χ1n) is 8.88. The molecule has 0 fully saturated rings. The summed E-state index contributed by atoms with van der Waals surface area (Å²) >= 11 is 1.54. The van der Waals surface area contributed by atoms with Crippen molar-refractivity contribution in [2.45, 2.75) is 39.5 Å². The van der Waals surface area contributed by atoms with Crippen molar-refractivity contribution in [2.75, 3.05) is 5.75 Å². The Labute approximate surface area is 164 Å². The van der Waals surface area contributed by atoms with E-state index in [1.807, 2.05) is 19.9 Å². The summed E-state index contributed by atoms with van der Waals surface area (Å²) in [6.45, 7) is 5.30. The fraction of sp³-hybridized carbons (Fsp3) is 0.444. The fourth-order valence-corrected chi connectivity index (χ4v) is 4.08. The van der Waals surface area contributed by atoms with Crippen LogP contribution in [0.5, 0.6) is 0 Å². The van der Waals surface area contributed by atoms with Gasteiger partial charge in [0.1, 0.15) is 11.2 Å². The van der Waals surface area contributed by atoms with Crippen LogP contribution < -0.4 is 16.6 Å². The van der Waals surface area contributed by atoms with Crippen molar-refractivity contribution in [2.24, 2.45) is 12.8 Å². The number of fused-ring (bicyclic) bond motifs is 1. The van der Waals surface area contributed by atoms with Gasteiger partial charge in [-0.3, -0.25) is 4.79 Å². The van der Waals surface area contributed by atoms with Crippen LogP contribution in [0.3, 0.4) is 0 Å². The number of alkyl halides is 3. The van der Waals surface area contributed by atoms with Gasteiger partial charge in [0.2, 0.25) is 0 Å². The normalized spacial score (nSPS) is 17.8. The van der Waals surface area contributed by atoms with Crippen molar-refractivity contribution < 1.29 is 13.2 Å². The minimum atomic E-state index is -4.64. The maximum absolute atomic E-state index is 13.4. The molecule has 10 heteroatoms. The van der Waals surface area contributed by atoms with Gasteiger partial charge >= 0.3 is 6.18 Å². The second kappa shape index (κ2) is 7.23. The molecule has 3 N–H and O–H groups in total. The minimum Gasteiger partial charge on any atom is -0.400 e. The van der Waals surface area contributed by atoms with Crippen molar-refractivity contribution in [1.82, 2.24) is 19.4 Å². The average molecular weight is 413 g/mol. The third-order valence-electron chi connectivity index (χ3n) is 4.67. The number of allylic oxidation sites excluding steroid dienone is 1. The molecule has 0 amide bonds. The maximum atomic E-state index is 13.4. The quantitative estimate of drug-likeness (QED) is 0.806. The Morgan fingerprint density at radius 2 is 2.04 bits per heavy atom. The number of halogens is 3. The summed E-state index contributed by atoms with van der Waals surface area (Å²) in [5, 5.41) is 3.26. The predicted octanol–water partition coefficient (Wildman–Crippen LogP) is 3.03. The highest BCUT2D eigenvalue weighted by atomic mass is 32.2. The third-order valence-corrected chi connectivity index (χ3v) is 5.59. The van der Waals surface area contributed by atoms with Gasteiger partial charge in [0, 0.05) is 24.2 Å². The molecule has 0 saturated carbocycles. The number of imidazole rings is 1. The summed E-state index contributed by atoms with van der Waals surface area (Å²) in [6.07, 6.45) is -2.80. The number of nitrogens with one attached hydrogen (secondary N) is 1. The van der Waals surface area contributed by atoms with Gasteiger partial charge in [0.15, 0.2) is 5.82 Å². The van der Waals surface area contributed by atoms with Crippen LogP contribution in [0, 0.1) is 0 Å². The SMILES string of the molecule is CCSC1=C(c2nc3cc(C(F)(F)F)n(CC)c(=O)c3n2C)NC(C)C(N)=C1. The molecule has 0 aliphatic carbocycles. The summed E-state index contributed by atoms with van der Waals surface area (Å²) < 4.78 is 42.5. The van der Waals surface area contributed by atoms with Gasteiger partial charge in [-0.25, -0.2) is 4.98 Å². The first-order valence-corrected chi connectivity index (χ1v) is 9.87. The molecule has 0 bridgehead atoms. The monoisotopic (exact) mass is 413 g/mol. The molecule has 0 spiro atoms. The number of pyridine rings is 1. The zero-order valence-electron chi connectivity index (χ0n) is 16.0. The first kappa shape index (κ1) is 20.4. The molecular weight excluding hydrogens is 391 g/mol. The topological polar surface area (TPSA) is 77.9 Å². The van der Waals surface area contributed by atoms with Crippen molar-refractivity contribution in [3.63, 3.8) is 0 Å². The highest BCUT2D eigenvalue weighted by Crippen LogP contribution is 2.33. The van der Waals surface area contributed by atoms with Crippen molar-refractivity contribution in [1.29, 1.82) is 0 Å². The molecule has 1 aliphatic heterocycles. The van der Waals surface area contributed by atoms with E-state index < -0.39 is 17.4 Å².